The summed E-state index contributed by atoms with van der Waals surface area (Å²) >= 11 is 0. The minimum Gasteiger partial charge on any atom is -0.487 e. The van der Waals surface area contributed by atoms with Gasteiger partial charge in [0, 0.05) is 19.1 Å². The van der Waals surface area contributed by atoms with E-state index in [4.69, 9.17) is 9.84 Å². The van der Waals surface area contributed by atoms with Gasteiger partial charge in [-0.15, -0.1) is 0 Å². The van der Waals surface area contributed by atoms with E-state index < -0.39 is 17.4 Å². The largest absolute Gasteiger partial charge is 0.511 e. The fourth-order valence-electron chi connectivity index (χ4n) is 4.88. The Balaban J connectivity index is 1.69. The van der Waals surface area contributed by atoms with Crippen LogP contribution < -0.4 is 25.1 Å². The predicted octanol–water partition coefficient (Wildman–Crippen LogP) is 2.34. The number of hydrogen-bond donors (Lipinski definition) is 2. The molecule has 5 rings (SSSR count). The van der Waals surface area contributed by atoms with Crippen LogP contribution in [0, 0.1) is 11.7 Å². The normalized spacial score (nSPS) is 25.6. The van der Waals surface area contributed by atoms with Crippen LogP contribution in [0.5, 0.6) is 11.5 Å². The van der Waals surface area contributed by atoms with Gasteiger partial charge in [0.25, 0.3) is 0 Å². The SMILES string of the molecule is CC1COc2c(N3C[C@@H]4CCCN[C@@H]4C3)c(F)cc3c(=O)c(OC(=O)O)cn1c23. The molecule has 29 heavy (non-hydrogen) atoms. The number of rotatable bonds is 2. The molecule has 1 aromatic heterocycles. The van der Waals surface area contributed by atoms with Crippen molar-refractivity contribution in [3.8, 4) is 11.5 Å². The van der Waals surface area contributed by atoms with Gasteiger partial charge in [0.1, 0.15) is 12.3 Å². The lowest BCUT2D eigenvalue weighted by atomic mass is 9.94. The van der Waals surface area contributed by atoms with Crippen LogP contribution in [0.1, 0.15) is 25.8 Å². The molecule has 8 nitrogen and oxygen atoms in total. The number of nitrogens with zero attached hydrogens (tertiary/aromatic N) is 2. The molecule has 0 saturated carbocycles. The number of nitrogens with one attached hydrogen (secondary N) is 1. The van der Waals surface area contributed by atoms with Crippen LogP contribution in [0.2, 0.25) is 0 Å². The maximum atomic E-state index is 15.3. The number of carbonyl (C=O) groups is 1. The van der Waals surface area contributed by atoms with Crippen LogP contribution in [-0.2, 0) is 0 Å². The lowest BCUT2D eigenvalue weighted by Gasteiger charge is -2.31. The fraction of sp³-hybridized carbons (Fsp3) is 0.500. The second-order valence-corrected chi connectivity index (χ2v) is 8.06. The third kappa shape index (κ3) is 2.83. The first-order valence-corrected chi connectivity index (χ1v) is 9.87. The third-order valence-corrected chi connectivity index (χ3v) is 6.22. The van der Waals surface area contributed by atoms with Gasteiger partial charge in [-0.05, 0) is 38.3 Å². The van der Waals surface area contributed by atoms with Crippen molar-refractivity contribution in [3.63, 3.8) is 0 Å². The van der Waals surface area contributed by atoms with E-state index in [0.717, 1.165) is 25.9 Å². The van der Waals surface area contributed by atoms with Gasteiger partial charge in [0.15, 0.2) is 17.3 Å². The lowest BCUT2D eigenvalue weighted by molar-refractivity contribution is 0.143. The van der Waals surface area contributed by atoms with E-state index in [1.54, 1.807) is 4.57 Å². The van der Waals surface area contributed by atoms with Crippen LogP contribution in [0.25, 0.3) is 10.9 Å². The highest BCUT2D eigenvalue weighted by molar-refractivity contribution is 5.93. The summed E-state index contributed by atoms with van der Waals surface area (Å²) in [5, 5.41) is 12.5. The van der Waals surface area contributed by atoms with E-state index in [1.165, 1.54) is 12.3 Å². The number of pyridine rings is 1. The molecular formula is C20H22FN3O5. The summed E-state index contributed by atoms with van der Waals surface area (Å²) < 4.78 is 27.6. The van der Waals surface area contributed by atoms with Crippen molar-refractivity contribution < 1.29 is 23.8 Å². The number of anilines is 1. The number of halogens is 1. The van der Waals surface area contributed by atoms with Crippen molar-refractivity contribution in [1.82, 2.24) is 9.88 Å². The molecule has 3 aliphatic heterocycles. The topological polar surface area (TPSA) is 93.0 Å². The van der Waals surface area contributed by atoms with Crippen LogP contribution >= 0.6 is 0 Å². The first-order chi connectivity index (χ1) is 13.9. The van der Waals surface area contributed by atoms with Crippen molar-refractivity contribution in [3.05, 3.63) is 28.3 Å². The van der Waals surface area contributed by atoms with Crippen LogP contribution in [0.3, 0.4) is 0 Å². The highest BCUT2D eigenvalue weighted by Gasteiger charge is 2.38. The molecule has 1 unspecified atom stereocenters. The first kappa shape index (κ1) is 18.2. The fourth-order valence-corrected chi connectivity index (χ4v) is 4.88. The average Bonchev–Trinajstić information content (AvgIpc) is 3.10. The van der Waals surface area contributed by atoms with E-state index in [0.29, 0.717) is 35.5 Å². The Hall–Kier alpha value is -2.81. The summed E-state index contributed by atoms with van der Waals surface area (Å²) in [5.41, 5.74) is 0.186. The Bertz CT molecular complexity index is 1050. The molecule has 0 radical (unpaired) electrons. The number of carboxylic acid groups (broad SMARTS) is 1. The molecule has 9 heteroatoms. The van der Waals surface area contributed by atoms with Gasteiger partial charge in [-0.3, -0.25) is 4.79 Å². The summed E-state index contributed by atoms with van der Waals surface area (Å²) in [4.78, 5) is 25.7. The van der Waals surface area contributed by atoms with Gasteiger partial charge in [-0.2, -0.15) is 0 Å². The molecule has 154 valence electrons. The predicted molar refractivity (Wildman–Crippen MR) is 104 cm³/mol. The van der Waals surface area contributed by atoms with Crippen molar-refractivity contribution in [2.75, 3.05) is 31.1 Å². The number of aromatic nitrogens is 1. The van der Waals surface area contributed by atoms with Crippen LogP contribution in [0.4, 0.5) is 14.9 Å². The molecule has 0 amide bonds. The molecule has 2 N–H and O–H groups in total. The van der Waals surface area contributed by atoms with Crippen molar-refractivity contribution in [2.45, 2.75) is 31.8 Å². The first-order valence-electron chi connectivity index (χ1n) is 9.87. The molecule has 2 fully saturated rings. The highest BCUT2D eigenvalue weighted by Crippen LogP contribution is 2.44. The zero-order valence-electron chi connectivity index (χ0n) is 16.0. The second-order valence-electron chi connectivity index (χ2n) is 8.06. The highest BCUT2D eigenvalue weighted by atomic mass is 19.1. The van der Waals surface area contributed by atoms with Gasteiger partial charge in [0.05, 0.1) is 23.1 Å². The molecule has 3 atom stereocenters. The summed E-state index contributed by atoms with van der Waals surface area (Å²) in [6.45, 7) is 4.56. The van der Waals surface area contributed by atoms with Gasteiger partial charge in [0.2, 0.25) is 5.43 Å². The number of hydrogen-bond acceptors (Lipinski definition) is 6. The quantitative estimate of drug-likeness (QED) is 0.744. The molecule has 3 aliphatic rings. The summed E-state index contributed by atoms with van der Waals surface area (Å²) in [6, 6.07) is 1.34. The molecular weight excluding hydrogens is 381 g/mol. The molecule has 0 bridgehead atoms. The van der Waals surface area contributed by atoms with Crippen LogP contribution in [-0.4, -0.2) is 48.1 Å². The van der Waals surface area contributed by atoms with E-state index in [-0.39, 0.29) is 23.8 Å². The molecule has 1 aromatic carbocycles. The molecule has 4 heterocycles. The second kappa shape index (κ2) is 6.62. The average molecular weight is 403 g/mol. The summed E-state index contributed by atoms with van der Waals surface area (Å²) in [7, 11) is 0. The van der Waals surface area contributed by atoms with E-state index in [1.807, 2.05) is 11.8 Å². The molecule has 2 saturated heterocycles. The van der Waals surface area contributed by atoms with Crippen molar-refractivity contribution in [1.29, 1.82) is 0 Å². The lowest BCUT2D eigenvalue weighted by Crippen LogP contribution is -2.40. The summed E-state index contributed by atoms with van der Waals surface area (Å²) in [6.07, 6.45) is 2.01. The Morgan fingerprint density at radius 3 is 3.00 bits per heavy atom. The molecule has 2 aromatic rings. The Kier molecular flexibility index (Phi) is 4.16. The van der Waals surface area contributed by atoms with Gasteiger partial charge in [-0.25, -0.2) is 9.18 Å². The third-order valence-electron chi connectivity index (χ3n) is 6.22. The van der Waals surface area contributed by atoms with Crippen LogP contribution in [0.15, 0.2) is 17.1 Å². The smallest absolute Gasteiger partial charge is 0.487 e. The van der Waals surface area contributed by atoms with Gasteiger partial charge in [-0.1, -0.05) is 0 Å². The number of fused-ring (bicyclic) bond motifs is 1. The standard InChI is InChI=1S/C20H22FN3O5/c1-10-9-28-19-16-12(18(25)15(8-24(10)16)29-20(26)27)5-13(21)17(19)23-6-11-3-2-4-22-14(11)7-23/h5,8,10-11,14,22H,2-4,6-7,9H2,1H3,(H,26,27)/t10?,11-,14+/m0/s1. The van der Waals surface area contributed by atoms with Gasteiger partial charge < -0.3 is 29.4 Å². The van der Waals surface area contributed by atoms with Crippen molar-refractivity contribution in [2.24, 2.45) is 5.92 Å². The Morgan fingerprint density at radius 1 is 1.41 bits per heavy atom. The zero-order chi connectivity index (χ0) is 20.3. The Labute approximate surface area is 165 Å². The number of piperidine rings is 1. The van der Waals surface area contributed by atoms with E-state index in [9.17, 15) is 9.59 Å². The van der Waals surface area contributed by atoms with Gasteiger partial charge >= 0.3 is 6.16 Å². The van der Waals surface area contributed by atoms with Crippen molar-refractivity contribution >= 4 is 22.7 Å². The number of ether oxygens (including phenoxy) is 2. The maximum Gasteiger partial charge on any atom is 0.511 e. The monoisotopic (exact) mass is 403 g/mol. The molecule has 0 spiro atoms. The zero-order valence-corrected chi connectivity index (χ0v) is 16.0. The minimum absolute atomic E-state index is 0.0567. The van der Waals surface area contributed by atoms with E-state index in [2.05, 4.69) is 10.1 Å². The summed E-state index contributed by atoms with van der Waals surface area (Å²) in [5.74, 6) is -0.0807. The van der Waals surface area contributed by atoms with E-state index >= 15 is 4.39 Å². The number of benzene rings is 1. The molecule has 0 aliphatic carbocycles. The Morgan fingerprint density at radius 2 is 2.24 bits per heavy atom. The minimum atomic E-state index is -1.58. The maximum absolute atomic E-state index is 15.3.